The van der Waals surface area contributed by atoms with Crippen molar-refractivity contribution in [1.82, 2.24) is 4.72 Å². The van der Waals surface area contributed by atoms with E-state index >= 15 is 0 Å². The van der Waals surface area contributed by atoms with Crippen LogP contribution in [-0.4, -0.2) is 54.8 Å². The van der Waals surface area contributed by atoms with Crippen molar-refractivity contribution in [3.05, 3.63) is 105 Å². The summed E-state index contributed by atoms with van der Waals surface area (Å²) >= 11 is -0.560. The van der Waals surface area contributed by atoms with Crippen molar-refractivity contribution in [2.24, 2.45) is 0 Å². The first-order chi connectivity index (χ1) is 22.6. The average molecular weight is 818 g/mol. The number of hydrogen-bond donors (Lipinski definition) is 1. The minimum atomic E-state index is -6.09. The summed E-state index contributed by atoms with van der Waals surface area (Å²) in [7, 11) is -4.93. The van der Waals surface area contributed by atoms with Crippen LogP contribution in [0.2, 0.25) is 0 Å². The summed E-state index contributed by atoms with van der Waals surface area (Å²) < 4.78 is 109. The topological polar surface area (TPSA) is 131 Å². The molecular weight excluding hydrogens is 786 g/mol. The Labute approximate surface area is 288 Å². The number of nitrogens with one attached hydrogen (secondary N) is 1. The Bertz CT molecular complexity index is 1960. The molecule has 15 heteroatoms. The normalized spacial score (nSPS) is 11.4. The highest BCUT2D eigenvalue weighted by atomic mass is 127. The standard InChI is InChI=1S/C32H31INO5S.CHF3O3S/c1-23-10-16-28(17-11-23)40(35,36)34-21-19-25-22-30(38-3)32(39-4)31(24-12-14-27(37-2)15-13-24)29(25)18-20-33-26-8-6-5-7-9-26;2-1(3,4)8(5,6)7/h5-17,22,34H,19,21H2,1-4H3;(H,5,6,7)/q+1;/p-1. The number of alkyl halides is 3. The number of aryl methyl sites for hydroxylation is 1. The lowest BCUT2D eigenvalue weighted by atomic mass is 9.92. The minimum absolute atomic E-state index is 0.191. The van der Waals surface area contributed by atoms with Crippen LogP contribution in [-0.2, 0) is 26.6 Å². The van der Waals surface area contributed by atoms with Crippen LogP contribution in [0.4, 0.5) is 13.2 Å². The quantitative estimate of drug-likeness (QED) is 0.112. The van der Waals surface area contributed by atoms with E-state index in [0.717, 1.165) is 33.6 Å². The number of rotatable bonds is 10. The van der Waals surface area contributed by atoms with Gasteiger partial charge in [-0.25, -0.2) is 21.6 Å². The molecule has 0 aliphatic carbocycles. The van der Waals surface area contributed by atoms with Gasteiger partial charge in [-0.2, -0.15) is 13.2 Å². The molecule has 0 aliphatic heterocycles. The average Bonchev–Trinajstić information content (AvgIpc) is 3.05. The number of ether oxygens (including phenoxy) is 3. The SMILES string of the molecule is COc1ccc(-c2c(C#C[I+]c3ccccc3)c(CCNS(=O)(=O)c3ccc(C)cc3)cc(OC)c2OC)cc1.O=S(=O)([O-])C(F)(F)F. The van der Waals surface area contributed by atoms with E-state index in [1.54, 1.807) is 45.6 Å². The van der Waals surface area contributed by atoms with Crippen molar-refractivity contribution in [1.29, 1.82) is 0 Å². The predicted molar refractivity (Wildman–Crippen MR) is 169 cm³/mol. The third-order valence-electron chi connectivity index (χ3n) is 6.49. The minimum Gasteiger partial charge on any atom is -0.741 e. The van der Waals surface area contributed by atoms with Crippen LogP contribution >= 0.6 is 0 Å². The van der Waals surface area contributed by atoms with Gasteiger partial charge in [0.25, 0.3) is 0 Å². The van der Waals surface area contributed by atoms with Gasteiger partial charge in [0.1, 0.15) is 5.75 Å². The number of benzene rings is 4. The van der Waals surface area contributed by atoms with Crippen molar-refractivity contribution in [3.63, 3.8) is 0 Å². The van der Waals surface area contributed by atoms with E-state index < -0.39 is 46.9 Å². The molecule has 0 atom stereocenters. The van der Waals surface area contributed by atoms with E-state index in [0.29, 0.717) is 17.9 Å². The maximum absolute atomic E-state index is 12.9. The van der Waals surface area contributed by atoms with Gasteiger partial charge < -0.3 is 18.8 Å². The van der Waals surface area contributed by atoms with Crippen LogP contribution in [0.1, 0.15) is 16.7 Å². The molecule has 1 N–H and O–H groups in total. The molecule has 48 heavy (non-hydrogen) atoms. The highest BCUT2D eigenvalue weighted by Gasteiger charge is 2.37. The Hall–Kier alpha value is -3.82. The van der Waals surface area contributed by atoms with Gasteiger partial charge in [-0.3, -0.25) is 0 Å². The maximum Gasteiger partial charge on any atom is 0.485 e. The summed E-state index contributed by atoms with van der Waals surface area (Å²) in [5.74, 6) is 5.28. The molecule has 0 saturated heterocycles. The van der Waals surface area contributed by atoms with Gasteiger partial charge >= 0.3 is 26.7 Å². The molecule has 4 aromatic rings. The van der Waals surface area contributed by atoms with Crippen LogP contribution < -0.4 is 40.1 Å². The molecule has 0 aliphatic rings. The second kappa shape index (κ2) is 17.0. The molecule has 0 radical (unpaired) electrons. The molecular formula is C33H31F3INO8S2. The highest BCUT2D eigenvalue weighted by Crippen LogP contribution is 2.43. The monoisotopic (exact) mass is 817 g/mol. The molecule has 0 amide bonds. The molecule has 4 rings (SSSR count). The van der Waals surface area contributed by atoms with Gasteiger partial charge in [0.2, 0.25) is 13.6 Å². The van der Waals surface area contributed by atoms with Gasteiger partial charge in [0, 0.05) is 17.7 Å². The van der Waals surface area contributed by atoms with Crippen molar-refractivity contribution in [2.75, 3.05) is 27.9 Å². The molecule has 0 aromatic heterocycles. The second-order valence-electron chi connectivity index (χ2n) is 9.72. The number of halogens is 4. The summed E-state index contributed by atoms with van der Waals surface area (Å²) in [6.07, 6.45) is 0.405. The fourth-order valence-electron chi connectivity index (χ4n) is 4.14. The number of methoxy groups -OCH3 is 3. The fourth-order valence-corrected chi connectivity index (χ4v) is 6.67. The molecule has 9 nitrogen and oxygen atoms in total. The van der Waals surface area contributed by atoms with Crippen LogP contribution in [0.25, 0.3) is 11.1 Å². The zero-order valence-electron chi connectivity index (χ0n) is 26.1. The van der Waals surface area contributed by atoms with E-state index in [2.05, 4.69) is 26.7 Å². The summed E-state index contributed by atoms with van der Waals surface area (Å²) in [5, 5.41) is 0. The Morgan fingerprint density at radius 3 is 1.98 bits per heavy atom. The third kappa shape index (κ3) is 10.6. The van der Waals surface area contributed by atoms with E-state index in [-0.39, 0.29) is 11.4 Å². The summed E-state index contributed by atoms with van der Waals surface area (Å²) in [5.41, 5.74) is -1.32. The van der Waals surface area contributed by atoms with E-state index in [1.165, 1.54) is 3.57 Å². The smallest absolute Gasteiger partial charge is 0.485 e. The first-order valence-corrected chi connectivity index (χ1v) is 18.9. The lowest BCUT2D eigenvalue weighted by Gasteiger charge is -2.19. The molecule has 0 fully saturated rings. The van der Waals surface area contributed by atoms with Crippen molar-refractivity contribution < 1.29 is 70.0 Å². The molecule has 0 saturated carbocycles. The molecule has 256 valence electrons. The predicted octanol–water partition coefficient (Wildman–Crippen LogP) is 2.53. The molecule has 0 spiro atoms. The second-order valence-corrected chi connectivity index (χ2v) is 15.2. The van der Waals surface area contributed by atoms with Gasteiger partial charge in [0.05, 0.1) is 26.2 Å². The lowest BCUT2D eigenvalue weighted by Crippen LogP contribution is -3.59. The van der Waals surface area contributed by atoms with Crippen molar-refractivity contribution >= 4 is 20.1 Å². The van der Waals surface area contributed by atoms with E-state index in [1.807, 2.05) is 55.5 Å². The molecule has 4 aromatic carbocycles. The Morgan fingerprint density at radius 1 is 0.854 bits per heavy atom. The van der Waals surface area contributed by atoms with Gasteiger partial charge in [-0.1, -0.05) is 48.0 Å². The maximum atomic E-state index is 12.9. The Kier molecular flexibility index (Phi) is 13.7. The first-order valence-electron chi connectivity index (χ1n) is 13.8. The van der Waals surface area contributed by atoms with Gasteiger partial charge in [0.15, 0.2) is 25.5 Å². The van der Waals surface area contributed by atoms with Crippen molar-refractivity contribution in [2.45, 2.75) is 23.7 Å². The summed E-state index contributed by atoms with van der Waals surface area (Å²) in [6.45, 7) is 2.11. The van der Waals surface area contributed by atoms with Crippen LogP contribution in [0, 0.1) is 20.3 Å². The Morgan fingerprint density at radius 2 is 1.46 bits per heavy atom. The third-order valence-corrected chi connectivity index (χ3v) is 10.4. The first kappa shape index (κ1) is 38.6. The Balaban J connectivity index is 0.000000694. The zero-order chi connectivity index (χ0) is 35.5. The number of sulfonamides is 1. The zero-order valence-corrected chi connectivity index (χ0v) is 29.9. The van der Waals surface area contributed by atoms with Gasteiger partial charge in [-0.15, -0.1) is 0 Å². The summed E-state index contributed by atoms with van der Waals surface area (Å²) in [4.78, 5) is 0.233. The number of hydrogen-bond acceptors (Lipinski definition) is 8. The van der Waals surface area contributed by atoms with Crippen LogP contribution in [0.3, 0.4) is 0 Å². The highest BCUT2D eigenvalue weighted by molar-refractivity contribution is 7.89. The van der Waals surface area contributed by atoms with E-state index in [4.69, 9.17) is 27.2 Å². The molecule has 0 heterocycles. The molecule has 0 bridgehead atoms. The van der Waals surface area contributed by atoms with Crippen LogP contribution in [0.5, 0.6) is 17.2 Å². The fraction of sp³-hybridized carbons (Fsp3) is 0.212. The molecule has 0 unspecified atom stereocenters. The summed E-state index contributed by atoms with van der Waals surface area (Å²) in [6, 6.07) is 26.6. The van der Waals surface area contributed by atoms with Crippen molar-refractivity contribution in [3.8, 4) is 38.2 Å². The van der Waals surface area contributed by atoms with Gasteiger partial charge in [-0.05, 0) is 72.9 Å². The van der Waals surface area contributed by atoms with Crippen LogP contribution in [0.15, 0.2) is 89.8 Å². The lowest BCUT2D eigenvalue weighted by molar-refractivity contribution is -0.535. The largest absolute Gasteiger partial charge is 0.741 e. The van der Waals surface area contributed by atoms with E-state index in [9.17, 15) is 21.6 Å².